The summed E-state index contributed by atoms with van der Waals surface area (Å²) in [6, 6.07) is 16.0. The number of aromatic amines is 1. The second kappa shape index (κ2) is 8.75. The second-order valence-electron chi connectivity index (χ2n) is 4.63. The van der Waals surface area contributed by atoms with Crippen molar-refractivity contribution in [2.45, 2.75) is 0 Å². The quantitative estimate of drug-likeness (QED) is 0.508. The van der Waals surface area contributed by atoms with E-state index >= 15 is 0 Å². The maximum atomic E-state index is 10.1. The molecule has 0 spiro atoms. The summed E-state index contributed by atoms with van der Waals surface area (Å²) in [7, 11) is 0. The molecule has 1 N–H and O–H groups in total. The van der Waals surface area contributed by atoms with E-state index in [4.69, 9.17) is 0 Å². The molecule has 0 atom stereocenters. The van der Waals surface area contributed by atoms with Gasteiger partial charge in [-0.05, 0) is 17.7 Å². The second-order valence-corrected chi connectivity index (χ2v) is 5.35. The number of para-hydroxylation sites is 2. The molecule has 114 valence electrons. The molecule has 0 aliphatic carbocycles. The number of carboxylic acids is 1. The predicted octanol–water partition coefficient (Wildman–Crippen LogP) is -0.259. The fourth-order valence-electron chi connectivity index (χ4n) is 1.98. The molecule has 0 amide bonds. The Morgan fingerprint density at radius 3 is 2.33 bits per heavy atom. The topological polar surface area (TPSA) is 81.7 Å². The summed E-state index contributed by atoms with van der Waals surface area (Å²) in [4.78, 5) is 22.0. The first-order valence-electron chi connectivity index (χ1n) is 6.84. The van der Waals surface area contributed by atoms with Crippen LogP contribution in [0.5, 0.6) is 0 Å². The van der Waals surface area contributed by atoms with Crippen LogP contribution < -0.4 is 34.7 Å². The molecule has 7 heteroatoms. The predicted molar refractivity (Wildman–Crippen MR) is 88.0 cm³/mol. The normalized spacial score (nSPS) is 9.67. The average Bonchev–Trinajstić information content (AvgIpc) is 3.25. The number of fused-ring (bicyclic) bond motifs is 1. The molecule has 0 saturated carbocycles. The number of H-pyrrole nitrogens is 1. The molecule has 24 heavy (non-hydrogen) atoms. The van der Waals surface area contributed by atoms with Crippen LogP contribution in [0, 0.1) is 0 Å². The SMILES string of the molecule is O=C([O-])c1ccccc1.[Na+].c1ccc2[nH]c(-c3cscn3)nc2c1. The van der Waals surface area contributed by atoms with Gasteiger partial charge < -0.3 is 14.9 Å². The zero-order valence-electron chi connectivity index (χ0n) is 13.0. The number of rotatable bonds is 2. The smallest absolute Gasteiger partial charge is 0.545 e. The van der Waals surface area contributed by atoms with E-state index in [-0.39, 0.29) is 35.1 Å². The summed E-state index contributed by atoms with van der Waals surface area (Å²) in [6.45, 7) is 0. The number of carbonyl (C=O) groups is 1. The van der Waals surface area contributed by atoms with E-state index in [0.717, 1.165) is 22.6 Å². The van der Waals surface area contributed by atoms with Gasteiger partial charge in [-0.3, -0.25) is 0 Å². The summed E-state index contributed by atoms with van der Waals surface area (Å²) in [5.74, 6) is -0.289. The first-order chi connectivity index (χ1) is 11.2. The number of nitrogens with one attached hydrogen (secondary N) is 1. The van der Waals surface area contributed by atoms with Crippen LogP contribution in [-0.4, -0.2) is 20.9 Å². The number of hydrogen-bond donors (Lipinski definition) is 1. The van der Waals surface area contributed by atoms with Gasteiger partial charge in [0.15, 0.2) is 5.82 Å². The first-order valence-corrected chi connectivity index (χ1v) is 7.78. The maximum absolute atomic E-state index is 10.1. The van der Waals surface area contributed by atoms with Crippen LogP contribution >= 0.6 is 11.3 Å². The van der Waals surface area contributed by atoms with Gasteiger partial charge in [0.05, 0.1) is 22.5 Å². The van der Waals surface area contributed by atoms with E-state index in [9.17, 15) is 9.90 Å². The molecule has 2 aromatic carbocycles. The Labute approximate surface area is 164 Å². The zero-order chi connectivity index (χ0) is 16.1. The summed E-state index contributed by atoms with van der Waals surface area (Å²) >= 11 is 1.57. The Balaban J connectivity index is 0.000000183. The number of benzene rings is 2. The number of aromatic nitrogens is 3. The van der Waals surface area contributed by atoms with Gasteiger partial charge in [-0.15, -0.1) is 11.3 Å². The van der Waals surface area contributed by atoms with Crippen LogP contribution in [0.4, 0.5) is 0 Å². The van der Waals surface area contributed by atoms with Crippen molar-refractivity contribution in [3.05, 3.63) is 71.1 Å². The molecule has 0 fully saturated rings. The Hall–Kier alpha value is -1.99. The van der Waals surface area contributed by atoms with Gasteiger partial charge in [0.2, 0.25) is 0 Å². The van der Waals surface area contributed by atoms with Crippen LogP contribution in [0.1, 0.15) is 10.4 Å². The number of imidazole rings is 1. The van der Waals surface area contributed by atoms with Crippen LogP contribution in [0.25, 0.3) is 22.6 Å². The number of carboxylic acid groups (broad SMARTS) is 1. The summed E-state index contributed by atoms with van der Waals surface area (Å²) in [5.41, 5.74) is 4.97. The third-order valence-electron chi connectivity index (χ3n) is 3.07. The van der Waals surface area contributed by atoms with Crippen LogP contribution in [-0.2, 0) is 0 Å². The molecular formula is C17H12N3NaO2S. The van der Waals surface area contributed by atoms with Crippen molar-refractivity contribution in [1.82, 2.24) is 15.0 Å². The van der Waals surface area contributed by atoms with Gasteiger partial charge in [0.1, 0.15) is 5.69 Å². The molecule has 0 bridgehead atoms. The Morgan fingerprint density at radius 1 is 1.04 bits per heavy atom. The van der Waals surface area contributed by atoms with E-state index < -0.39 is 5.97 Å². The van der Waals surface area contributed by atoms with Gasteiger partial charge >= 0.3 is 29.6 Å². The van der Waals surface area contributed by atoms with Crippen molar-refractivity contribution in [2.24, 2.45) is 0 Å². The number of nitrogens with zero attached hydrogens (tertiary/aromatic N) is 2. The number of hydrogen-bond acceptors (Lipinski definition) is 5. The van der Waals surface area contributed by atoms with Crippen molar-refractivity contribution in [3.8, 4) is 11.5 Å². The number of aromatic carboxylic acids is 1. The van der Waals surface area contributed by atoms with Crippen LogP contribution in [0.3, 0.4) is 0 Å². The van der Waals surface area contributed by atoms with E-state index in [1.165, 1.54) is 12.1 Å². The largest absolute Gasteiger partial charge is 1.00 e. The van der Waals surface area contributed by atoms with E-state index in [1.807, 2.05) is 35.2 Å². The molecule has 5 nitrogen and oxygen atoms in total. The molecular weight excluding hydrogens is 333 g/mol. The average molecular weight is 345 g/mol. The van der Waals surface area contributed by atoms with Gasteiger partial charge in [-0.1, -0.05) is 42.5 Å². The van der Waals surface area contributed by atoms with Crippen molar-refractivity contribution in [2.75, 3.05) is 0 Å². The fourth-order valence-corrected chi connectivity index (χ4v) is 2.51. The molecule has 0 unspecified atom stereocenters. The zero-order valence-corrected chi connectivity index (χ0v) is 15.8. The minimum Gasteiger partial charge on any atom is -0.545 e. The molecule has 4 rings (SSSR count). The van der Waals surface area contributed by atoms with Crippen molar-refractivity contribution < 1.29 is 39.5 Å². The minimum absolute atomic E-state index is 0. The minimum atomic E-state index is -1.13. The molecule has 0 radical (unpaired) electrons. The fraction of sp³-hybridized carbons (Fsp3) is 0. The third kappa shape index (κ3) is 4.52. The molecule has 2 aromatic heterocycles. The molecule has 0 saturated heterocycles. The van der Waals surface area contributed by atoms with Crippen LogP contribution in [0.15, 0.2) is 65.5 Å². The first kappa shape index (κ1) is 18.4. The summed E-state index contributed by atoms with van der Waals surface area (Å²) in [5, 5.41) is 12.1. The van der Waals surface area contributed by atoms with Gasteiger partial charge in [-0.2, -0.15) is 0 Å². The maximum Gasteiger partial charge on any atom is 1.00 e. The van der Waals surface area contributed by atoms with Gasteiger partial charge in [0, 0.05) is 5.38 Å². The Morgan fingerprint density at radius 2 is 1.75 bits per heavy atom. The summed E-state index contributed by atoms with van der Waals surface area (Å²) in [6.07, 6.45) is 0. The van der Waals surface area contributed by atoms with Crippen molar-refractivity contribution >= 4 is 28.3 Å². The standard InChI is InChI=1S/C10H7N3S.C7H6O2.Na/c1-2-4-8-7(3-1)12-10(13-8)9-5-14-6-11-9;8-7(9)6-4-2-1-3-5-6;/h1-6H,(H,12,13);1-5H,(H,8,9);/q;;+1/p-1. The molecule has 0 aliphatic heterocycles. The van der Waals surface area contributed by atoms with E-state index in [2.05, 4.69) is 15.0 Å². The van der Waals surface area contributed by atoms with Crippen LogP contribution in [0.2, 0.25) is 0 Å². The number of carbonyl (C=O) groups excluding carboxylic acids is 1. The van der Waals surface area contributed by atoms with Crippen molar-refractivity contribution in [1.29, 1.82) is 0 Å². The monoisotopic (exact) mass is 345 g/mol. The van der Waals surface area contributed by atoms with E-state index in [0.29, 0.717) is 0 Å². The summed E-state index contributed by atoms with van der Waals surface area (Å²) < 4.78 is 0. The molecule has 2 heterocycles. The Bertz CT molecular complexity index is 875. The van der Waals surface area contributed by atoms with Gasteiger partial charge in [-0.25, -0.2) is 9.97 Å². The van der Waals surface area contributed by atoms with Gasteiger partial charge in [0.25, 0.3) is 0 Å². The Kier molecular flexibility index (Phi) is 6.69. The number of thiazole rings is 1. The van der Waals surface area contributed by atoms with Crippen molar-refractivity contribution in [3.63, 3.8) is 0 Å². The molecule has 4 aromatic rings. The van der Waals surface area contributed by atoms with E-state index in [1.54, 1.807) is 29.5 Å². The molecule has 0 aliphatic rings. The third-order valence-corrected chi connectivity index (χ3v) is 3.66.